The van der Waals surface area contributed by atoms with Crippen molar-refractivity contribution < 1.29 is 13.2 Å². The number of aromatic nitrogens is 2. The second-order valence-corrected chi connectivity index (χ2v) is 5.33. The zero-order valence-corrected chi connectivity index (χ0v) is 11.1. The predicted molar refractivity (Wildman–Crippen MR) is 66.1 cm³/mol. The van der Waals surface area contributed by atoms with E-state index in [0.717, 1.165) is 0 Å². The molecule has 1 amide bonds. The van der Waals surface area contributed by atoms with Crippen LogP contribution in [0.5, 0.6) is 0 Å². The van der Waals surface area contributed by atoms with E-state index in [4.69, 9.17) is 5.73 Å². The average molecular weight is 275 g/mol. The summed E-state index contributed by atoms with van der Waals surface area (Å²) in [4.78, 5) is 14.9. The second kappa shape index (κ2) is 5.83. The molecule has 0 bridgehead atoms. The van der Waals surface area contributed by atoms with Crippen LogP contribution >= 0.6 is 0 Å². The predicted octanol–water partition coefficient (Wildman–Crippen LogP) is -1.19. The van der Waals surface area contributed by atoms with Gasteiger partial charge >= 0.3 is 0 Å². The molecule has 0 aliphatic carbocycles. The highest BCUT2D eigenvalue weighted by Gasteiger charge is 2.21. The van der Waals surface area contributed by atoms with Gasteiger partial charge in [-0.2, -0.15) is 0 Å². The highest BCUT2D eigenvalue weighted by molar-refractivity contribution is 7.89. The first kappa shape index (κ1) is 14.5. The Morgan fingerprint density at radius 2 is 2.22 bits per heavy atom. The van der Waals surface area contributed by atoms with Crippen molar-refractivity contribution in [1.29, 1.82) is 0 Å². The van der Waals surface area contributed by atoms with Crippen molar-refractivity contribution in [3.8, 4) is 0 Å². The van der Waals surface area contributed by atoms with Crippen molar-refractivity contribution >= 4 is 21.7 Å². The Balaban J connectivity index is 2.64. The van der Waals surface area contributed by atoms with Gasteiger partial charge in [0.1, 0.15) is 0 Å². The number of hydrogen-bond acceptors (Lipinski definition) is 5. The monoisotopic (exact) mass is 275 g/mol. The molecule has 0 atom stereocenters. The van der Waals surface area contributed by atoms with E-state index in [2.05, 4.69) is 15.0 Å². The molecule has 0 saturated heterocycles. The molecule has 0 saturated carbocycles. The highest BCUT2D eigenvalue weighted by atomic mass is 32.2. The largest absolute Gasteiger partial charge is 0.381 e. The number of imidazole rings is 1. The van der Waals surface area contributed by atoms with Crippen LogP contribution in [0.2, 0.25) is 0 Å². The lowest BCUT2D eigenvalue weighted by atomic mass is 10.4. The van der Waals surface area contributed by atoms with E-state index in [1.807, 2.05) is 0 Å². The quantitative estimate of drug-likeness (QED) is 0.603. The molecular weight excluding hydrogens is 258 g/mol. The number of nitrogen functional groups attached to an aromatic ring is 1. The zero-order chi connectivity index (χ0) is 13.8. The minimum absolute atomic E-state index is 0.0127. The van der Waals surface area contributed by atoms with Crippen LogP contribution in [0.15, 0.2) is 11.4 Å². The number of nitrogens with one attached hydrogen (secondary N) is 2. The van der Waals surface area contributed by atoms with Crippen molar-refractivity contribution in [3.05, 3.63) is 6.33 Å². The molecule has 8 nitrogen and oxygen atoms in total. The summed E-state index contributed by atoms with van der Waals surface area (Å²) < 4.78 is 27.4. The Morgan fingerprint density at radius 3 is 2.72 bits per heavy atom. The zero-order valence-electron chi connectivity index (χ0n) is 10.3. The number of anilines is 1. The molecule has 1 aromatic rings. The fraction of sp³-hybridized carbons (Fsp3) is 0.556. The number of hydrogen-bond donors (Lipinski definition) is 3. The number of sulfonamides is 1. The van der Waals surface area contributed by atoms with Crippen LogP contribution in [0.3, 0.4) is 0 Å². The van der Waals surface area contributed by atoms with Gasteiger partial charge in [-0.05, 0) is 6.92 Å². The van der Waals surface area contributed by atoms with Crippen LogP contribution in [0.25, 0.3) is 0 Å². The van der Waals surface area contributed by atoms with Gasteiger partial charge < -0.3 is 15.6 Å². The third-order valence-electron chi connectivity index (χ3n) is 2.18. The van der Waals surface area contributed by atoms with Crippen LogP contribution in [0, 0.1) is 0 Å². The molecule has 0 fully saturated rings. The Labute approximate surface area is 106 Å². The maximum absolute atomic E-state index is 11.9. The van der Waals surface area contributed by atoms with Gasteiger partial charge in [0.15, 0.2) is 10.8 Å². The van der Waals surface area contributed by atoms with Crippen molar-refractivity contribution in [3.63, 3.8) is 0 Å². The molecule has 4 N–H and O–H groups in total. The number of nitrogens with zero attached hydrogens (tertiary/aromatic N) is 2. The van der Waals surface area contributed by atoms with Crippen molar-refractivity contribution in [2.24, 2.45) is 7.05 Å². The molecule has 0 unspecified atom stereocenters. The van der Waals surface area contributed by atoms with Crippen LogP contribution < -0.4 is 15.8 Å². The summed E-state index contributed by atoms with van der Waals surface area (Å²) >= 11 is 0. The Hall–Kier alpha value is -1.61. The first-order chi connectivity index (χ1) is 8.38. The van der Waals surface area contributed by atoms with E-state index >= 15 is 0 Å². The summed E-state index contributed by atoms with van der Waals surface area (Å²) in [5, 5.41) is 2.47. The first-order valence-corrected chi connectivity index (χ1v) is 6.90. The molecule has 1 heterocycles. The van der Waals surface area contributed by atoms with E-state index in [1.54, 1.807) is 6.92 Å². The van der Waals surface area contributed by atoms with Gasteiger partial charge in [0.2, 0.25) is 5.91 Å². The van der Waals surface area contributed by atoms with Gasteiger partial charge in [0.05, 0.1) is 6.33 Å². The maximum atomic E-state index is 11.9. The van der Waals surface area contributed by atoms with E-state index in [0.29, 0.717) is 6.54 Å². The van der Waals surface area contributed by atoms with Gasteiger partial charge in [-0.3, -0.25) is 4.79 Å². The second-order valence-electron chi connectivity index (χ2n) is 3.65. The molecule has 0 radical (unpaired) electrons. The lowest BCUT2D eigenvalue weighted by Gasteiger charge is -2.07. The van der Waals surface area contributed by atoms with E-state index in [9.17, 15) is 13.2 Å². The Bertz CT molecular complexity index is 503. The fourth-order valence-electron chi connectivity index (χ4n) is 1.42. The lowest BCUT2D eigenvalue weighted by molar-refractivity contribution is -0.120. The number of rotatable bonds is 6. The van der Waals surface area contributed by atoms with Crippen LogP contribution in [-0.4, -0.2) is 37.0 Å². The smallest absolute Gasteiger partial charge is 0.260 e. The third-order valence-corrected chi connectivity index (χ3v) is 3.77. The highest BCUT2D eigenvalue weighted by Crippen LogP contribution is 2.14. The number of carbonyl (C=O) groups is 1. The molecule has 1 rings (SSSR count). The standard InChI is InChI=1S/C9H17N5O3S/c1-3-11-7(15)4-5-13-18(16,17)9-8(10)12-6-14(9)2/h6,13H,3-5,10H2,1-2H3,(H,11,15). The Kier molecular flexibility index (Phi) is 4.68. The summed E-state index contributed by atoms with van der Waals surface area (Å²) in [6, 6.07) is 0. The maximum Gasteiger partial charge on any atom is 0.260 e. The summed E-state index contributed by atoms with van der Waals surface area (Å²) in [5.74, 6) is -0.277. The van der Waals surface area contributed by atoms with Gasteiger partial charge in [-0.15, -0.1) is 0 Å². The van der Waals surface area contributed by atoms with Crippen molar-refractivity contribution in [1.82, 2.24) is 19.6 Å². The molecular formula is C9H17N5O3S. The number of aryl methyl sites for hydroxylation is 1. The van der Waals surface area contributed by atoms with Crippen LogP contribution in [0.1, 0.15) is 13.3 Å². The van der Waals surface area contributed by atoms with E-state index in [1.165, 1.54) is 17.9 Å². The minimum atomic E-state index is -3.74. The number of carbonyl (C=O) groups excluding carboxylic acids is 1. The number of nitrogens with two attached hydrogens (primary N) is 1. The van der Waals surface area contributed by atoms with Crippen molar-refractivity contribution in [2.45, 2.75) is 18.4 Å². The fourth-order valence-corrected chi connectivity index (χ4v) is 2.68. The molecule has 0 aromatic carbocycles. The van der Waals surface area contributed by atoms with Gasteiger partial charge in [0, 0.05) is 26.6 Å². The molecule has 18 heavy (non-hydrogen) atoms. The average Bonchev–Trinajstić information content (AvgIpc) is 2.59. The van der Waals surface area contributed by atoms with Crippen LogP contribution in [0.4, 0.5) is 5.82 Å². The van der Waals surface area contributed by atoms with Gasteiger partial charge in [-0.25, -0.2) is 18.1 Å². The normalized spacial score (nSPS) is 11.4. The van der Waals surface area contributed by atoms with Gasteiger partial charge in [-0.1, -0.05) is 0 Å². The molecule has 0 aliphatic rings. The summed E-state index contributed by atoms with van der Waals surface area (Å²) in [6.45, 7) is 2.32. The summed E-state index contributed by atoms with van der Waals surface area (Å²) in [7, 11) is -2.21. The minimum Gasteiger partial charge on any atom is -0.381 e. The van der Waals surface area contributed by atoms with Crippen molar-refractivity contribution in [2.75, 3.05) is 18.8 Å². The molecule has 1 aromatic heterocycles. The number of amides is 1. The molecule has 0 spiro atoms. The van der Waals surface area contributed by atoms with Crippen LogP contribution in [-0.2, 0) is 21.9 Å². The summed E-state index contributed by atoms with van der Waals surface area (Å²) in [5.41, 5.74) is 5.48. The van der Waals surface area contributed by atoms with E-state index in [-0.39, 0.29) is 29.7 Å². The SMILES string of the molecule is CCNC(=O)CCNS(=O)(=O)c1c(N)ncn1C. The molecule has 0 aliphatic heterocycles. The van der Waals surface area contributed by atoms with Gasteiger partial charge in [0.25, 0.3) is 10.0 Å². The lowest BCUT2D eigenvalue weighted by Crippen LogP contribution is -2.31. The molecule has 9 heteroatoms. The van der Waals surface area contributed by atoms with E-state index < -0.39 is 10.0 Å². The Morgan fingerprint density at radius 1 is 1.56 bits per heavy atom. The third kappa shape index (κ3) is 3.44. The topological polar surface area (TPSA) is 119 Å². The summed E-state index contributed by atoms with van der Waals surface area (Å²) in [6.07, 6.45) is 1.39. The first-order valence-electron chi connectivity index (χ1n) is 5.41. The molecule has 102 valence electrons.